The molecule has 16 heavy (non-hydrogen) atoms. The number of aryl methyl sites for hydroxylation is 1. The second kappa shape index (κ2) is 5.69. The third kappa shape index (κ3) is 2.43. The third-order valence-corrected chi connectivity index (χ3v) is 2.99. The Morgan fingerprint density at radius 2 is 1.75 bits per heavy atom. The summed E-state index contributed by atoms with van der Waals surface area (Å²) in [5, 5.41) is 9.14. The van der Waals surface area contributed by atoms with E-state index in [1.807, 2.05) is 13.0 Å². The maximum absolute atomic E-state index is 11.1. The first-order valence-corrected chi connectivity index (χ1v) is 6.02. The standard InChI is InChI=1S/C14H20O2/c1-4-7-10-8-9-13(14(15)16)12(6-3)11(10)5-2/h8-9H,4-7H2,1-3H3,(H,15,16). The average Bonchev–Trinajstić information content (AvgIpc) is 2.28. The van der Waals surface area contributed by atoms with Crippen LogP contribution in [-0.2, 0) is 19.3 Å². The van der Waals surface area contributed by atoms with Crippen molar-refractivity contribution in [2.24, 2.45) is 0 Å². The molecule has 0 spiro atoms. The van der Waals surface area contributed by atoms with Gasteiger partial charge >= 0.3 is 5.97 Å². The SMILES string of the molecule is CCCc1ccc(C(=O)O)c(CC)c1CC. The molecule has 1 aromatic rings. The molecule has 1 N–H and O–H groups in total. The Kier molecular flexibility index (Phi) is 4.53. The largest absolute Gasteiger partial charge is 0.478 e. The highest BCUT2D eigenvalue weighted by Crippen LogP contribution is 2.22. The molecule has 0 aliphatic rings. The zero-order chi connectivity index (χ0) is 12.1. The van der Waals surface area contributed by atoms with Crippen LogP contribution in [0.3, 0.4) is 0 Å². The summed E-state index contributed by atoms with van der Waals surface area (Å²) in [5.41, 5.74) is 4.04. The van der Waals surface area contributed by atoms with Crippen molar-refractivity contribution in [2.75, 3.05) is 0 Å². The predicted molar refractivity (Wildman–Crippen MR) is 66.2 cm³/mol. The molecule has 0 atom stereocenters. The summed E-state index contributed by atoms with van der Waals surface area (Å²) in [6.45, 7) is 6.27. The molecule has 0 fully saturated rings. The molecule has 0 radical (unpaired) electrons. The minimum Gasteiger partial charge on any atom is -0.478 e. The van der Waals surface area contributed by atoms with Gasteiger partial charge in [0.05, 0.1) is 5.56 Å². The van der Waals surface area contributed by atoms with E-state index in [-0.39, 0.29) is 0 Å². The monoisotopic (exact) mass is 220 g/mol. The number of hydrogen-bond donors (Lipinski definition) is 1. The molecule has 0 heterocycles. The van der Waals surface area contributed by atoms with Crippen molar-refractivity contribution >= 4 is 5.97 Å². The Labute approximate surface area is 97.3 Å². The zero-order valence-corrected chi connectivity index (χ0v) is 10.3. The molecule has 1 rings (SSSR count). The normalized spacial score (nSPS) is 10.4. The molecule has 88 valence electrons. The van der Waals surface area contributed by atoms with Gasteiger partial charge in [-0.15, -0.1) is 0 Å². The fourth-order valence-electron chi connectivity index (χ4n) is 2.29. The molecule has 0 aliphatic heterocycles. The van der Waals surface area contributed by atoms with Gasteiger partial charge < -0.3 is 5.11 Å². The molecule has 0 amide bonds. The van der Waals surface area contributed by atoms with Gasteiger partial charge in [0, 0.05) is 0 Å². The van der Waals surface area contributed by atoms with Crippen molar-refractivity contribution < 1.29 is 9.90 Å². The molecule has 0 unspecified atom stereocenters. The van der Waals surface area contributed by atoms with E-state index in [4.69, 9.17) is 5.11 Å². The van der Waals surface area contributed by atoms with Crippen molar-refractivity contribution in [3.05, 3.63) is 34.4 Å². The van der Waals surface area contributed by atoms with E-state index in [2.05, 4.69) is 13.8 Å². The summed E-state index contributed by atoms with van der Waals surface area (Å²) < 4.78 is 0. The van der Waals surface area contributed by atoms with E-state index in [9.17, 15) is 4.79 Å². The Hall–Kier alpha value is -1.31. The average molecular weight is 220 g/mol. The summed E-state index contributed by atoms with van der Waals surface area (Å²) in [5.74, 6) is -0.811. The molecule has 0 bridgehead atoms. The molecule has 0 saturated heterocycles. The first-order valence-electron chi connectivity index (χ1n) is 6.02. The minimum absolute atomic E-state index is 0.471. The van der Waals surface area contributed by atoms with Crippen LogP contribution in [0.25, 0.3) is 0 Å². The molecule has 2 nitrogen and oxygen atoms in total. The van der Waals surface area contributed by atoms with Crippen LogP contribution in [-0.4, -0.2) is 11.1 Å². The lowest BCUT2D eigenvalue weighted by Gasteiger charge is -2.14. The number of rotatable bonds is 5. The van der Waals surface area contributed by atoms with Gasteiger partial charge in [-0.05, 0) is 42.0 Å². The summed E-state index contributed by atoms with van der Waals surface area (Å²) in [6, 6.07) is 3.73. The third-order valence-electron chi connectivity index (χ3n) is 2.99. The summed E-state index contributed by atoms with van der Waals surface area (Å²) in [6.07, 6.45) is 3.85. The molecule has 1 aromatic carbocycles. The highest BCUT2D eigenvalue weighted by atomic mass is 16.4. The van der Waals surface area contributed by atoms with Crippen LogP contribution in [0.2, 0.25) is 0 Å². The van der Waals surface area contributed by atoms with E-state index in [1.54, 1.807) is 6.07 Å². The Bertz CT molecular complexity index is 381. The molecule has 0 aliphatic carbocycles. The molecule has 0 saturated carbocycles. The lowest BCUT2D eigenvalue weighted by molar-refractivity contribution is 0.0695. The first kappa shape index (κ1) is 12.8. The van der Waals surface area contributed by atoms with Gasteiger partial charge in [-0.3, -0.25) is 0 Å². The minimum atomic E-state index is -0.811. The van der Waals surface area contributed by atoms with Crippen molar-refractivity contribution in [3.8, 4) is 0 Å². The van der Waals surface area contributed by atoms with Crippen LogP contribution < -0.4 is 0 Å². The number of hydrogen-bond acceptors (Lipinski definition) is 1. The van der Waals surface area contributed by atoms with Gasteiger partial charge in [0.25, 0.3) is 0 Å². The molecule has 2 heteroatoms. The summed E-state index contributed by atoms with van der Waals surface area (Å²) >= 11 is 0. The quantitative estimate of drug-likeness (QED) is 0.825. The van der Waals surface area contributed by atoms with Crippen molar-refractivity contribution in [3.63, 3.8) is 0 Å². The van der Waals surface area contributed by atoms with Gasteiger partial charge in [0.2, 0.25) is 0 Å². The zero-order valence-electron chi connectivity index (χ0n) is 10.3. The fourth-order valence-corrected chi connectivity index (χ4v) is 2.29. The lowest BCUT2D eigenvalue weighted by Crippen LogP contribution is -2.07. The van der Waals surface area contributed by atoms with Gasteiger partial charge in [-0.1, -0.05) is 33.3 Å². The topological polar surface area (TPSA) is 37.3 Å². The van der Waals surface area contributed by atoms with Crippen LogP contribution in [0.15, 0.2) is 12.1 Å². The van der Waals surface area contributed by atoms with Gasteiger partial charge in [-0.2, -0.15) is 0 Å². The van der Waals surface area contributed by atoms with E-state index in [1.165, 1.54) is 11.1 Å². The summed E-state index contributed by atoms with van der Waals surface area (Å²) in [7, 11) is 0. The summed E-state index contributed by atoms with van der Waals surface area (Å²) in [4.78, 5) is 11.1. The van der Waals surface area contributed by atoms with Gasteiger partial charge in [-0.25, -0.2) is 4.79 Å². The smallest absolute Gasteiger partial charge is 0.335 e. The second-order valence-electron chi connectivity index (χ2n) is 3.99. The van der Waals surface area contributed by atoms with Crippen LogP contribution in [0, 0.1) is 0 Å². The van der Waals surface area contributed by atoms with Crippen molar-refractivity contribution in [1.29, 1.82) is 0 Å². The number of aromatic carboxylic acids is 1. The second-order valence-corrected chi connectivity index (χ2v) is 3.99. The highest BCUT2D eigenvalue weighted by Gasteiger charge is 2.14. The van der Waals surface area contributed by atoms with Gasteiger partial charge in [0.1, 0.15) is 0 Å². The molecular formula is C14H20O2. The van der Waals surface area contributed by atoms with Crippen LogP contribution in [0.5, 0.6) is 0 Å². The Morgan fingerprint density at radius 3 is 2.19 bits per heavy atom. The van der Waals surface area contributed by atoms with Crippen LogP contribution in [0.1, 0.15) is 54.2 Å². The lowest BCUT2D eigenvalue weighted by atomic mass is 9.91. The highest BCUT2D eigenvalue weighted by molar-refractivity contribution is 5.90. The van der Waals surface area contributed by atoms with E-state index in [0.717, 1.165) is 31.2 Å². The maximum Gasteiger partial charge on any atom is 0.335 e. The predicted octanol–water partition coefficient (Wildman–Crippen LogP) is 3.46. The van der Waals surface area contributed by atoms with Crippen LogP contribution >= 0.6 is 0 Å². The van der Waals surface area contributed by atoms with E-state index < -0.39 is 5.97 Å². The van der Waals surface area contributed by atoms with Crippen molar-refractivity contribution in [2.45, 2.75) is 46.5 Å². The Morgan fingerprint density at radius 1 is 1.12 bits per heavy atom. The molecular weight excluding hydrogens is 200 g/mol. The Balaban J connectivity index is 3.33. The van der Waals surface area contributed by atoms with E-state index >= 15 is 0 Å². The number of benzene rings is 1. The van der Waals surface area contributed by atoms with Crippen molar-refractivity contribution in [1.82, 2.24) is 0 Å². The molecule has 0 aromatic heterocycles. The number of carboxylic acid groups (broad SMARTS) is 1. The number of carbonyl (C=O) groups is 1. The van der Waals surface area contributed by atoms with Gasteiger partial charge in [0.15, 0.2) is 0 Å². The first-order chi connectivity index (χ1) is 7.65. The van der Waals surface area contributed by atoms with E-state index in [0.29, 0.717) is 5.56 Å². The fraction of sp³-hybridized carbons (Fsp3) is 0.500. The maximum atomic E-state index is 11.1. The number of carboxylic acids is 1. The van der Waals surface area contributed by atoms with Crippen LogP contribution in [0.4, 0.5) is 0 Å².